The summed E-state index contributed by atoms with van der Waals surface area (Å²) >= 11 is 0. The quantitative estimate of drug-likeness (QED) is 0.536. The van der Waals surface area contributed by atoms with Crippen LogP contribution in [0.15, 0.2) is 47.4 Å². The van der Waals surface area contributed by atoms with Crippen molar-refractivity contribution in [3.63, 3.8) is 0 Å². The molecule has 2 amide bonds. The van der Waals surface area contributed by atoms with Gasteiger partial charge in [0.2, 0.25) is 5.43 Å². The highest BCUT2D eigenvalue weighted by molar-refractivity contribution is 7.10. The van der Waals surface area contributed by atoms with Gasteiger partial charge in [0.1, 0.15) is 11.7 Å². The van der Waals surface area contributed by atoms with Crippen molar-refractivity contribution in [2.75, 3.05) is 19.6 Å². The fourth-order valence-electron chi connectivity index (χ4n) is 4.65. The van der Waals surface area contributed by atoms with E-state index in [-0.39, 0.29) is 29.1 Å². The Morgan fingerprint density at radius 3 is 2.90 bits per heavy atom. The summed E-state index contributed by atoms with van der Waals surface area (Å²) in [6, 6.07) is 0.364. The number of aromatic nitrogens is 1. The van der Waals surface area contributed by atoms with E-state index in [2.05, 4.69) is 16.8 Å². The SMILES string of the molecule is C=C/C=C\C=C(/C)CNC(=O)c1cn2c(c(OP)c1=O)C(=O)N1C[C@H]3CCCN3[C@H]1C2. The summed E-state index contributed by atoms with van der Waals surface area (Å²) in [4.78, 5) is 43.2. The third-order valence-electron chi connectivity index (χ3n) is 6.15. The molecule has 4 heterocycles. The molecule has 2 fully saturated rings. The molecule has 8 nitrogen and oxygen atoms in total. The molecule has 3 aliphatic rings. The van der Waals surface area contributed by atoms with Gasteiger partial charge in [-0.2, -0.15) is 0 Å². The van der Waals surface area contributed by atoms with Gasteiger partial charge >= 0.3 is 0 Å². The predicted octanol–water partition coefficient (Wildman–Crippen LogP) is 1.70. The molecule has 3 atom stereocenters. The molecule has 1 aromatic rings. The zero-order chi connectivity index (χ0) is 22.1. The monoisotopic (exact) mass is 442 g/mol. The van der Waals surface area contributed by atoms with Crippen molar-refractivity contribution in [3.05, 3.63) is 64.1 Å². The Kier molecular flexibility index (Phi) is 6.12. The van der Waals surface area contributed by atoms with Crippen molar-refractivity contribution in [2.45, 2.75) is 38.5 Å². The number of fused-ring (bicyclic) bond motifs is 4. The molecule has 0 aromatic carbocycles. The predicted molar refractivity (Wildman–Crippen MR) is 121 cm³/mol. The van der Waals surface area contributed by atoms with Crippen LogP contribution in [0.1, 0.15) is 40.6 Å². The topological polar surface area (TPSA) is 83.9 Å². The minimum atomic E-state index is -0.585. The first-order valence-corrected chi connectivity index (χ1v) is 10.9. The summed E-state index contributed by atoms with van der Waals surface area (Å²) in [5, 5.41) is 2.77. The fourth-order valence-corrected chi connectivity index (χ4v) is 4.87. The Balaban J connectivity index is 1.62. The molecule has 2 saturated heterocycles. The zero-order valence-corrected chi connectivity index (χ0v) is 18.7. The molecule has 3 aliphatic heterocycles. The van der Waals surface area contributed by atoms with Gasteiger partial charge in [-0.15, -0.1) is 0 Å². The maximum atomic E-state index is 13.2. The largest absolute Gasteiger partial charge is 0.474 e. The smallest absolute Gasteiger partial charge is 0.275 e. The maximum absolute atomic E-state index is 13.2. The summed E-state index contributed by atoms with van der Waals surface area (Å²) in [5.74, 6) is -0.821. The molecule has 4 rings (SSSR count). The third kappa shape index (κ3) is 3.86. The lowest BCUT2D eigenvalue weighted by atomic mass is 10.1. The van der Waals surface area contributed by atoms with Gasteiger partial charge in [0, 0.05) is 31.9 Å². The number of allylic oxidation sites excluding steroid dienone is 4. The van der Waals surface area contributed by atoms with E-state index in [0.717, 1.165) is 25.0 Å². The number of nitrogens with zero attached hydrogens (tertiary/aromatic N) is 3. The molecule has 0 saturated carbocycles. The molecule has 0 bridgehead atoms. The number of carbonyl (C=O) groups excluding carboxylic acids is 2. The van der Waals surface area contributed by atoms with E-state index in [0.29, 0.717) is 25.7 Å². The Hall–Kier alpha value is -2.70. The van der Waals surface area contributed by atoms with Crippen molar-refractivity contribution < 1.29 is 14.1 Å². The molecular weight excluding hydrogens is 415 g/mol. The van der Waals surface area contributed by atoms with Crippen LogP contribution < -0.4 is 15.3 Å². The minimum Gasteiger partial charge on any atom is -0.474 e. The van der Waals surface area contributed by atoms with Crippen LogP contribution >= 0.6 is 9.47 Å². The first kappa shape index (κ1) is 21.5. The van der Waals surface area contributed by atoms with Crippen molar-refractivity contribution in [3.8, 4) is 5.75 Å². The summed E-state index contributed by atoms with van der Waals surface area (Å²) in [5.41, 5.74) is 0.509. The van der Waals surface area contributed by atoms with Gasteiger partial charge in [0.25, 0.3) is 11.8 Å². The highest BCUT2D eigenvalue weighted by Crippen LogP contribution is 2.35. The number of hydrogen-bond donors (Lipinski definition) is 1. The van der Waals surface area contributed by atoms with Crippen LogP contribution in [0.25, 0.3) is 0 Å². The lowest BCUT2D eigenvalue weighted by Crippen LogP contribution is -2.50. The number of rotatable bonds is 6. The van der Waals surface area contributed by atoms with Crippen LogP contribution in [0, 0.1) is 0 Å². The molecule has 164 valence electrons. The van der Waals surface area contributed by atoms with Crippen LogP contribution in [-0.4, -0.2) is 58.0 Å². The van der Waals surface area contributed by atoms with Crippen LogP contribution in [0.4, 0.5) is 0 Å². The molecular formula is C22H27N4O4P. The second kappa shape index (κ2) is 8.81. The lowest BCUT2D eigenvalue weighted by Gasteiger charge is -2.36. The molecule has 1 unspecified atom stereocenters. The molecule has 1 N–H and O–H groups in total. The molecule has 31 heavy (non-hydrogen) atoms. The van der Waals surface area contributed by atoms with Gasteiger partial charge in [0.05, 0.1) is 16.0 Å². The van der Waals surface area contributed by atoms with Gasteiger partial charge < -0.3 is 19.3 Å². The summed E-state index contributed by atoms with van der Waals surface area (Å²) in [7, 11) is 2.03. The van der Waals surface area contributed by atoms with E-state index in [9.17, 15) is 14.4 Å². The van der Waals surface area contributed by atoms with Crippen molar-refractivity contribution >= 4 is 21.3 Å². The number of pyridine rings is 1. The molecule has 1 aromatic heterocycles. The summed E-state index contributed by atoms with van der Waals surface area (Å²) in [6.07, 6.45) is 10.8. The first-order valence-electron chi connectivity index (χ1n) is 10.4. The molecule has 9 heteroatoms. The van der Waals surface area contributed by atoms with Crippen LogP contribution in [0.3, 0.4) is 0 Å². The van der Waals surface area contributed by atoms with Gasteiger partial charge in [-0.05, 0) is 19.8 Å². The standard InChI is InChI=1S/C22H27N4O4P/c1-3-4-5-7-14(2)10-23-21(28)16-12-24-13-17-25-9-6-8-15(25)11-26(17)22(29)18(24)20(30-31)19(16)27/h3-5,7,12,15,17H,1,6,8-11,13,31H2,2H3,(H,23,28)/b5-4-,14-7+/t15-,17-/m1/s1. The maximum Gasteiger partial charge on any atom is 0.275 e. The fraction of sp³-hybridized carbons (Fsp3) is 0.409. The van der Waals surface area contributed by atoms with E-state index in [1.54, 1.807) is 16.7 Å². The Labute approximate surface area is 183 Å². The normalized spacial score (nSPS) is 23.0. The Morgan fingerprint density at radius 2 is 2.16 bits per heavy atom. The number of hydrogen-bond acceptors (Lipinski definition) is 5. The lowest BCUT2D eigenvalue weighted by molar-refractivity contribution is 0.0516. The van der Waals surface area contributed by atoms with Gasteiger partial charge in [-0.3, -0.25) is 19.3 Å². The van der Waals surface area contributed by atoms with Crippen LogP contribution in [-0.2, 0) is 6.54 Å². The average molecular weight is 442 g/mol. The van der Waals surface area contributed by atoms with Gasteiger partial charge in [-0.25, -0.2) is 0 Å². The summed E-state index contributed by atoms with van der Waals surface area (Å²) in [6.45, 7) is 7.92. The molecule has 0 spiro atoms. The minimum absolute atomic E-state index is 0.0344. The number of carbonyl (C=O) groups is 2. The van der Waals surface area contributed by atoms with Crippen molar-refractivity contribution in [1.29, 1.82) is 0 Å². The highest BCUT2D eigenvalue weighted by atomic mass is 31.0. The first-order chi connectivity index (χ1) is 15.0. The van der Waals surface area contributed by atoms with Crippen molar-refractivity contribution in [2.24, 2.45) is 0 Å². The van der Waals surface area contributed by atoms with E-state index in [4.69, 9.17) is 4.52 Å². The highest BCUT2D eigenvalue weighted by Gasteiger charge is 2.48. The van der Waals surface area contributed by atoms with E-state index in [1.165, 1.54) is 6.20 Å². The second-order valence-corrected chi connectivity index (χ2v) is 8.34. The second-order valence-electron chi connectivity index (χ2n) is 8.11. The third-order valence-corrected chi connectivity index (χ3v) is 6.39. The van der Waals surface area contributed by atoms with Gasteiger partial charge in [-0.1, -0.05) is 36.5 Å². The summed E-state index contributed by atoms with van der Waals surface area (Å²) < 4.78 is 6.95. The Bertz CT molecular complexity index is 1040. The number of amides is 2. The van der Waals surface area contributed by atoms with Crippen molar-refractivity contribution in [1.82, 2.24) is 19.7 Å². The van der Waals surface area contributed by atoms with Crippen LogP contribution in [0.5, 0.6) is 5.75 Å². The molecule has 0 aliphatic carbocycles. The van der Waals surface area contributed by atoms with Gasteiger partial charge in [0.15, 0.2) is 11.4 Å². The molecule has 0 radical (unpaired) electrons. The number of nitrogens with one attached hydrogen (secondary N) is 1. The van der Waals surface area contributed by atoms with Crippen LogP contribution in [0.2, 0.25) is 0 Å². The zero-order valence-electron chi connectivity index (χ0n) is 17.5. The van der Waals surface area contributed by atoms with E-state index >= 15 is 0 Å². The van der Waals surface area contributed by atoms with E-state index in [1.807, 2.05) is 33.4 Å². The Morgan fingerprint density at radius 1 is 1.35 bits per heavy atom. The van der Waals surface area contributed by atoms with E-state index < -0.39 is 11.3 Å². The average Bonchev–Trinajstić information content (AvgIpc) is 3.35.